The Hall–Kier alpha value is -2.55. The molecule has 1 saturated carbocycles. The number of carbonyl (C=O) groups excluding carboxylic acids is 2. The molecule has 1 aliphatic heterocycles. The summed E-state index contributed by atoms with van der Waals surface area (Å²) in [5.74, 6) is -0.913. The molecular weight excluding hydrogens is 430 g/mol. The third-order valence-corrected chi connectivity index (χ3v) is 5.95. The summed E-state index contributed by atoms with van der Waals surface area (Å²) in [6.07, 6.45) is 5.93. The smallest absolute Gasteiger partial charge is 0.312 e. The summed E-state index contributed by atoms with van der Waals surface area (Å²) in [6, 6.07) is 2.91. The number of allylic oxidation sites excluding steroid dienone is 2. The van der Waals surface area contributed by atoms with E-state index >= 15 is 0 Å². The van der Waals surface area contributed by atoms with Gasteiger partial charge in [-0.15, -0.1) is 0 Å². The van der Waals surface area contributed by atoms with Crippen molar-refractivity contribution in [3.05, 3.63) is 44.4 Å². The van der Waals surface area contributed by atoms with Crippen LogP contribution in [0.4, 0.5) is 5.69 Å². The standard InChI is InChI=1S/C19H18BrN3O5/c1-9(2)28-17-13(20)5-10(6-14(17)23(26)27)8-21-22-18(24)15-11-3-4-12(7-11)16(15)19(22)25/h3-6,8-9,11-12,15-16H,7H2,1-2H3/t11-,12-,15-,16+/m0/s1. The van der Waals surface area contributed by atoms with Crippen molar-refractivity contribution in [3.8, 4) is 5.75 Å². The highest BCUT2D eigenvalue weighted by Gasteiger charge is 2.59. The minimum atomic E-state index is -0.542. The molecule has 0 unspecified atom stereocenters. The maximum absolute atomic E-state index is 12.6. The lowest BCUT2D eigenvalue weighted by Gasteiger charge is -2.13. The molecule has 1 saturated heterocycles. The van der Waals surface area contributed by atoms with Gasteiger partial charge < -0.3 is 4.74 Å². The Kier molecular flexibility index (Phi) is 4.57. The van der Waals surface area contributed by atoms with E-state index < -0.39 is 4.92 Å². The number of hydrogen-bond donors (Lipinski definition) is 0. The highest BCUT2D eigenvalue weighted by molar-refractivity contribution is 9.10. The van der Waals surface area contributed by atoms with Crippen LogP contribution in [0.15, 0.2) is 33.9 Å². The lowest BCUT2D eigenvalue weighted by Crippen LogP contribution is -2.28. The number of ether oxygens (including phenoxy) is 1. The Bertz CT molecular complexity index is 912. The van der Waals surface area contributed by atoms with Gasteiger partial charge in [0.15, 0.2) is 0 Å². The van der Waals surface area contributed by atoms with Gasteiger partial charge in [-0.1, -0.05) is 12.2 Å². The largest absolute Gasteiger partial charge is 0.483 e. The first-order valence-electron chi connectivity index (χ1n) is 9.02. The summed E-state index contributed by atoms with van der Waals surface area (Å²) in [6.45, 7) is 3.55. The highest BCUT2D eigenvalue weighted by Crippen LogP contribution is 2.52. The van der Waals surface area contributed by atoms with Gasteiger partial charge in [0, 0.05) is 11.6 Å². The molecule has 4 rings (SSSR count). The van der Waals surface area contributed by atoms with Crippen molar-refractivity contribution >= 4 is 39.6 Å². The first-order valence-corrected chi connectivity index (χ1v) is 9.82. The van der Waals surface area contributed by atoms with Crippen LogP contribution in [0.25, 0.3) is 0 Å². The molecule has 2 fully saturated rings. The van der Waals surface area contributed by atoms with Crippen LogP contribution in [0.3, 0.4) is 0 Å². The van der Waals surface area contributed by atoms with Gasteiger partial charge in [0.1, 0.15) is 0 Å². The Morgan fingerprint density at radius 1 is 1.25 bits per heavy atom. The summed E-state index contributed by atoms with van der Waals surface area (Å²) < 4.78 is 5.92. The second kappa shape index (κ2) is 6.80. The molecular formula is C19H18BrN3O5. The molecule has 4 atom stereocenters. The number of fused-ring (bicyclic) bond motifs is 5. The summed E-state index contributed by atoms with van der Waals surface area (Å²) >= 11 is 3.29. The van der Waals surface area contributed by atoms with Crippen molar-refractivity contribution < 1.29 is 19.2 Å². The number of hydrazone groups is 1. The molecule has 2 bridgehead atoms. The van der Waals surface area contributed by atoms with Gasteiger partial charge in [-0.25, -0.2) is 0 Å². The minimum absolute atomic E-state index is 0.106. The number of benzene rings is 1. The maximum Gasteiger partial charge on any atom is 0.312 e. The van der Waals surface area contributed by atoms with E-state index in [1.54, 1.807) is 19.9 Å². The topological polar surface area (TPSA) is 102 Å². The predicted molar refractivity (Wildman–Crippen MR) is 104 cm³/mol. The number of halogens is 1. The van der Waals surface area contributed by atoms with Crippen molar-refractivity contribution in [1.82, 2.24) is 5.01 Å². The number of carbonyl (C=O) groups is 2. The summed E-state index contributed by atoms with van der Waals surface area (Å²) in [5.41, 5.74) is 0.163. The van der Waals surface area contributed by atoms with Crippen molar-refractivity contribution in [2.45, 2.75) is 26.4 Å². The Labute approximate surface area is 169 Å². The molecule has 2 amide bonds. The monoisotopic (exact) mass is 447 g/mol. The normalized spacial score (nSPS) is 28.1. The highest BCUT2D eigenvalue weighted by atomic mass is 79.9. The summed E-state index contributed by atoms with van der Waals surface area (Å²) in [4.78, 5) is 36.2. The van der Waals surface area contributed by atoms with Gasteiger partial charge in [0.25, 0.3) is 11.8 Å². The third kappa shape index (κ3) is 2.94. The minimum Gasteiger partial charge on any atom is -0.483 e. The molecule has 0 N–H and O–H groups in total. The first kappa shape index (κ1) is 18.8. The zero-order valence-corrected chi connectivity index (χ0v) is 16.8. The molecule has 1 aromatic rings. The Balaban J connectivity index is 1.61. The lowest BCUT2D eigenvalue weighted by molar-refractivity contribution is -0.386. The van der Waals surface area contributed by atoms with E-state index in [1.807, 2.05) is 12.2 Å². The van der Waals surface area contributed by atoms with Crippen LogP contribution in [0.1, 0.15) is 25.8 Å². The SMILES string of the molecule is CC(C)Oc1c(Br)cc(C=NN2C(=O)[C@@H]3[C@H](C2=O)[C@H]2C=C[C@H]3C2)cc1[N+](=O)[O-]. The average Bonchev–Trinajstić information content (AvgIpc) is 3.29. The third-order valence-electron chi connectivity index (χ3n) is 5.37. The van der Waals surface area contributed by atoms with Crippen molar-refractivity contribution in [2.75, 3.05) is 0 Å². The van der Waals surface area contributed by atoms with Crippen LogP contribution in [0.5, 0.6) is 5.75 Å². The van der Waals surface area contributed by atoms with E-state index in [0.29, 0.717) is 10.0 Å². The fourth-order valence-electron chi connectivity index (χ4n) is 4.29. The lowest BCUT2D eigenvalue weighted by atomic mass is 9.85. The quantitative estimate of drug-likeness (QED) is 0.226. The average molecular weight is 448 g/mol. The van der Waals surface area contributed by atoms with Gasteiger partial charge in [-0.3, -0.25) is 19.7 Å². The Morgan fingerprint density at radius 3 is 2.39 bits per heavy atom. The number of nitro groups is 1. The number of rotatable bonds is 5. The van der Waals surface area contributed by atoms with E-state index in [1.165, 1.54) is 12.3 Å². The van der Waals surface area contributed by atoms with Crippen LogP contribution in [-0.2, 0) is 9.59 Å². The molecule has 0 aromatic heterocycles. The van der Waals surface area contributed by atoms with Crippen molar-refractivity contribution in [2.24, 2.45) is 28.8 Å². The molecule has 28 heavy (non-hydrogen) atoms. The van der Waals surface area contributed by atoms with Crippen LogP contribution in [0, 0.1) is 33.8 Å². The number of nitrogens with zero attached hydrogens (tertiary/aromatic N) is 3. The summed E-state index contributed by atoms with van der Waals surface area (Å²) in [5, 5.41) is 16.4. The van der Waals surface area contributed by atoms with Crippen LogP contribution in [0.2, 0.25) is 0 Å². The zero-order chi connectivity index (χ0) is 20.2. The molecule has 1 heterocycles. The molecule has 2 aliphatic carbocycles. The zero-order valence-electron chi connectivity index (χ0n) is 15.2. The van der Waals surface area contributed by atoms with Gasteiger partial charge in [0.2, 0.25) is 5.75 Å². The van der Waals surface area contributed by atoms with E-state index in [4.69, 9.17) is 4.74 Å². The predicted octanol–water partition coefficient (Wildman–Crippen LogP) is 3.29. The molecule has 1 aromatic carbocycles. The Morgan fingerprint density at radius 2 is 1.86 bits per heavy atom. The molecule has 146 valence electrons. The van der Waals surface area contributed by atoms with Crippen molar-refractivity contribution in [3.63, 3.8) is 0 Å². The molecule has 0 spiro atoms. The number of amides is 2. The molecule has 3 aliphatic rings. The maximum atomic E-state index is 12.6. The van der Waals surface area contributed by atoms with Crippen molar-refractivity contribution in [1.29, 1.82) is 0 Å². The van der Waals surface area contributed by atoms with E-state index in [2.05, 4.69) is 21.0 Å². The van der Waals surface area contributed by atoms with Gasteiger partial charge in [-0.2, -0.15) is 10.1 Å². The fourth-order valence-corrected chi connectivity index (χ4v) is 4.85. The van der Waals surface area contributed by atoms with E-state index in [-0.39, 0.29) is 53.0 Å². The number of imide groups is 1. The van der Waals surface area contributed by atoms with E-state index in [0.717, 1.165) is 11.4 Å². The molecule has 0 radical (unpaired) electrons. The molecule has 8 nitrogen and oxygen atoms in total. The van der Waals surface area contributed by atoms with Gasteiger partial charge in [0.05, 0.1) is 33.6 Å². The fraction of sp³-hybridized carbons (Fsp3) is 0.421. The van der Waals surface area contributed by atoms with Gasteiger partial charge in [-0.05, 0) is 54.1 Å². The van der Waals surface area contributed by atoms with Crippen LogP contribution in [-0.4, -0.2) is 34.1 Å². The number of nitro benzene ring substituents is 1. The van der Waals surface area contributed by atoms with Crippen LogP contribution < -0.4 is 4.74 Å². The van der Waals surface area contributed by atoms with Crippen LogP contribution >= 0.6 is 15.9 Å². The number of hydrogen-bond acceptors (Lipinski definition) is 6. The second-order valence-corrected chi connectivity index (χ2v) is 8.36. The first-order chi connectivity index (χ1) is 13.3. The summed E-state index contributed by atoms with van der Waals surface area (Å²) in [7, 11) is 0. The van der Waals surface area contributed by atoms with Gasteiger partial charge >= 0.3 is 5.69 Å². The van der Waals surface area contributed by atoms with E-state index in [9.17, 15) is 19.7 Å². The molecule has 9 heteroatoms. The second-order valence-electron chi connectivity index (χ2n) is 7.51.